The first kappa shape index (κ1) is 16.8. The molecule has 128 valence electrons. The van der Waals surface area contributed by atoms with Crippen molar-refractivity contribution in [3.63, 3.8) is 0 Å². The lowest BCUT2D eigenvalue weighted by molar-refractivity contribution is 0.863. The lowest BCUT2D eigenvalue weighted by Gasteiger charge is -2.03. The highest BCUT2D eigenvalue weighted by Gasteiger charge is 2.12. The first-order chi connectivity index (χ1) is 12.6. The Morgan fingerprint density at radius 2 is 1.77 bits per heavy atom. The summed E-state index contributed by atoms with van der Waals surface area (Å²) in [5, 5.41) is 6.84. The molecule has 0 spiro atoms. The molecule has 2 aromatic carbocycles. The van der Waals surface area contributed by atoms with E-state index >= 15 is 0 Å². The number of hydrogen-bond acceptors (Lipinski definition) is 2. The van der Waals surface area contributed by atoms with E-state index in [-0.39, 0.29) is 0 Å². The summed E-state index contributed by atoms with van der Waals surface area (Å²) in [4.78, 5) is 4.65. The van der Waals surface area contributed by atoms with E-state index in [1.165, 1.54) is 0 Å². The average Bonchev–Trinajstić information content (AvgIpc) is 2.94. The van der Waals surface area contributed by atoms with Gasteiger partial charge in [-0.25, -0.2) is 9.67 Å². The molecule has 0 aliphatic rings. The van der Waals surface area contributed by atoms with Gasteiger partial charge >= 0.3 is 0 Å². The predicted octanol–water partition coefficient (Wildman–Crippen LogP) is 6.21. The van der Waals surface area contributed by atoms with Gasteiger partial charge in [0.2, 0.25) is 0 Å². The number of aromatic nitrogens is 3. The maximum atomic E-state index is 6.56. The predicted molar refractivity (Wildman–Crippen MR) is 109 cm³/mol. The maximum absolute atomic E-state index is 6.56. The summed E-state index contributed by atoms with van der Waals surface area (Å²) in [5.41, 5.74) is 4.37. The van der Waals surface area contributed by atoms with E-state index in [4.69, 9.17) is 23.2 Å². The molecule has 4 rings (SSSR count). The van der Waals surface area contributed by atoms with Crippen LogP contribution >= 0.6 is 23.2 Å². The van der Waals surface area contributed by atoms with Gasteiger partial charge in [-0.15, -0.1) is 0 Å². The van der Waals surface area contributed by atoms with E-state index in [1.54, 1.807) is 4.68 Å². The van der Waals surface area contributed by atoms with Crippen molar-refractivity contribution in [1.29, 1.82) is 0 Å². The Morgan fingerprint density at radius 3 is 2.62 bits per heavy atom. The lowest BCUT2D eigenvalue weighted by Crippen LogP contribution is -1.96. The van der Waals surface area contributed by atoms with Crippen LogP contribution < -0.4 is 0 Å². The molecule has 0 saturated heterocycles. The molecule has 3 nitrogen and oxygen atoms in total. The molecular weight excluding hydrogens is 365 g/mol. The average molecular weight is 380 g/mol. The number of aryl methyl sites for hydroxylation is 1. The van der Waals surface area contributed by atoms with Crippen LogP contribution in [-0.2, 0) is 0 Å². The fourth-order valence-electron chi connectivity index (χ4n) is 2.82. The Morgan fingerprint density at radius 1 is 0.923 bits per heavy atom. The number of rotatable bonds is 3. The van der Waals surface area contributed by atoms with E-state index in [0.29, 0.717) is 10.2 Å². The molecule has 0 atom stereocenters. The number of fused-ring (bicyclic) bond motifs is 1. The van der Waals surface area contributed by atoms with Crippen LogP contribution in [0.1, 0.15) is 17.0 Å². The van der Waals surface area contributed by atoms with E-state index in [0.717, 1.165) is 33.5 Å². The molecular formula is C21H15Cl2N3. The third-order valence-corrected chi connectivity index (χ3v) is 4.74. The quantitative estimate of drug-likeness (QED) is 0.423. The van der Waals surface area contributed by atoms with Crippen LogP contribution in [0.25, 0.3) is 28.7 Å². The van der Waals surface area contributed by atoms with Gasteiger partial charge in [-0.1, -0.05) is 53.5 Å². The highest BCUT2D eigenvalue weighted by Crippen LogP contribution is 2.26. The van der Waals surface area contributed by atoms with Crippen molar-refractivity contribution in [3.05, 3.63) is 87.8 Å². The van der Waals surface area contributed by atoms with Crippen molar-refractivity contribution in [2.75, 3.05) is 0 Å². The molecule has 0 saturated carbocycles. The minimum atomic E-state index is 0.543. The highest BCUT2D eigenvalue weighted by molar-refractivity contribution is 6.32. The number of hydrogen-bond donors (Lipinski definition) is 0. The number of halogens is 2. The molecule has 0 unspecified atom stereocenters. The van der Waals surface area contributed by atoms with E-state index in [1.807, 2.05) is 73.7 Å². The van der Waals surface area contributed by atoms with Crippen LogP contribution in [0.2, 0.25) is 10.2 Å². The Labute approximate surface area is 161 Å². The zero-order valence-electron chi connectivity index (χ0n) is 14.0. The lowest BCUT2D eigenvalue weighted by atomic mass is 10.2. The fraction of sp³-hybridized carbons (Fsp3) is 0.0476. The smallest absolute Gasteiger partial charge is 0.140 e. The topological polar surface area (TPSA) is 30.7 Å². The van der Waals surface area contributed by atoms with Gasteiger partial charge in [-0.3, -0.25) is 0 Å². The molecule has 2 aromatic heterocycles. The van der Waals surface area contributed by atoms with Gasteiger partial charge in [0.15, 0.2) is 0 Å². The fourth-order valence-corrected chi connectivity index (χ4v) is 3.34. The van der Waals surface area contributed by atoms with Gasteiger partial charge in [-0.2, -0.15) is 5.10 Å². The number of nitrogens with zero attached hydrogens (tertiary/aromatic N) is 3. The SMILES string of the molecule is Cc1nn(-c2cccc(Cl)c2)c(Cl)c1C=Cc1ccc2ccccc2n1. The molecule has 5 heteroatoms. The Bertz CT molecular complexity index is 1130. The largest absolute Gasteiger partial charge is 0.248 e. The van der Waals surface area contributed by atoms with Crippen LogP contribution in [0.4, 0.5) is 0 Å². The second kappa shape index (κ2) is 6.94. The Kier molecular flexibility index (Phi) is 4.49. The Balaban J connectivity index is 1.70. The van der Waals surface area contributed by atoms with Gasteiger partial charge in [0.1, 0.15) is 5.15 Å². The summed E-state index contributed by atoms with van der Waals surface area (Å²) in [6, 6.07) is 19.5. The van der Waals surface area contributed by atoms with Gasteiger partial charge in [0, 0.05) is 16.0 Å². The molecule has 4 aromatic rings. The normalized spacial score (nSPS) is 11.5. The van der Waals surface area contributed by atoms with Gasteiger partial charge < -0.3 is 0 Å². The molecule has 0 aliphatic carbocycles. The third kappa shape index (κ3) is 3.24. The summed E-state index contributed by atoms with van der Waals surface area (Å²) in [6.07, 6.45) is 3.90. The van der Waals surface area contributed by atoms with Gasteiger partial charge in [0.25, 0.3) is 0 Å². The van der Waals surface area contributed by atoms with E-state index < -0.39 is 0 Å². The number of benzene rings is 2. The first-order valence-corrected chi connectivity index (χ1v) is 8.92. The minimum Gasteiger partial charge on any atom is -0.248 e. The van der Waals surface area contributed by atoms with Crippen LogP contribution in [0.5, 0.6) is 0 Å². The van der Waals surface area contributed by atoms with Crippen LogP contribution in [-0.4, -0.2) is 14.8 Å². The molecule has 26 heavy (non-hydrogen) atoms. The second-order valence-corrected chi connectivity index (χ2v) is 6.74. The maximum Gasteiger partial charge on any atom is 0.140 e. The summed E-state index contributed by atoms with van der Waals surface area (Å²) in [6.45, 7) is 1.93. The van der Waals surface area contributed by atoms with Crippen molar-refractivity contribution in [1.82, 2.24) is 14.8 Å². The summed E-state index contributed by atoms with van der Waals surface area (Å²) >= 11 is 12.6. The van der Waals surface area contributed by atoms with E-state index in [9.17, 15) is 0 Å². The molecule has 0 amide bonds. The number of pyridine rings is 1. The van der Waals surface area contributed by atoms with Crippen LogP contribution in [0.15, 0.2) is 60.7 Å². The minimum absolute atomic E-state index is 0.543. The van der Waals surface area contributed by atoms with Crippen LogP contribution in [0, 0.1) is 6.92 Å². The molecule has 0 aliphatic heterocycles. The summed E-state index contributed by atoms with van der Waals surface area (Å²) < 4.78 is 1.69. The standard InChI is InChI=1S/C21H15Cl2N3/c1-14-19(21(23)26(25-14)18-7-4-6-16(22)13-18)12-11-17-10-9-15-5-2-3-8-20(15)24-17/h2-13H,1H3. The Hall–Kier alpha value is -2.62. The van der Waals surface area contributed by atoms with Gasteiger partial charge in [0.05, 0.1) is 22.6 Å². The van der Waals surface area contributed by atoms with Crippen molar-refractivity contribution in [3.8, 4) is 5.69 Å². The van der Waals surface area contributed by atoms with Crippen molar-refractivity contribution >= 4 is 46.3 Å². The van der Waals surface area contributed by atoms with E-state index in [2.05, 4.69) is 16.1 Å². The summed E-state index contributed by atoms with van der Waals surface area (Å²) in [7, 11) is 0. The zero-order chi connectivity index (χ0) is 18.1. The molecule has 0 bridgehead atoms. The van der Waals surface area contributed by atoms with Gasteiger partial charge in [-0.05, 0) is 49.4 Å². The molecule has 0 radical (unpaired) electrons. The monoisotopic (exact) mass is 379 g/mol. The number of para-hydroxylation sites is 1. The first-order valence-electron chi connectivity index (χ1n) is 8.17. The second-order valence-electron chi connectivity index (χ2n) is 5.94. The molecule has 0 fully saturated rings. The third-order valence-electron chi connectivity index (χ3n) is 4.14. The zero-order valence-corrected chi connectivity index (χ0v) is 15.5. The summed E-state index contributed by atoms with van der Waals surface area (Å²) in [5.74, 6) is 0. The highest BCUT2D eigenvalue weighted by atomic mass is 35.5. The van der Waals surface area contributed by atoms with Crippen molar-refractivity contribution in [2.45, 2.75) is 6.92 Å². The molecule has 2 heterocycles. The molecule has 0 N–H and O–H groups in total. The van der Waals surface area contributed by atoms with Crippen molar-refractivity contribution < 1.29 is 0 Å². The van der Waals surface area contributed by atoms with Crippen LogP contribution in [0.3, 0.4) is 0 Å². The van der Waals surface area contributed by atoms with Crippen molar-refractivity contribution in [2.24, 2.45) is 0 Å².